The zero-order valence-electron chi connectivity index (χ0n) is 9.24. The highest BCUT2D eigenvalue weighted by atomic mass is 19.1. The molecule has 2 nitrogen and oxygen atoms in total. The Bertz CT molecular complexity index is 408. The van der Waals surface area contributed by atoms with Crippen molar-refractivity contribution in [3.05, 3.63) is 48.0 Å². The highest BCUT2D eigenvalue weighted by molar-refractivity contribution is 5.36. The molecule has 0 unspecified atom stereocenters. The molecule has 1 heterocycles. The Morgan fingerprint density at radius 3 is 2.53 bits per heavy atom. The predicted molar refractivity (Wildman–Crippen MR) is 59.6 cm³/mol. The summed E-state index contributed by atoms with van der Waals surface area (Å²) in [5, 5.41) is 3.97. The summed E-state index contributed by atoms with van der Waals surface area (Å²) in [7, 11) is 0. The van der Waals surface area contributed by atoms with Gasteiger partial charge in [-0.05, 0) is 24.6 Å². The summed E-state index contributed by atoms with van der Waals surface area (Å²) >= 11 is 0. The Morgan fingerprint density at radius 2 is 1.93 bits per heavy atom. The lowest BCUT2D eigenvalue weighted by molar-refractivity contribution is 0.602. The summed E-state index contributed by atoms with van der Waals surface area (Å²) in [6.07, 6.45) is 3.35. The Kier molecular flexibility index (Phi) is 4.03. The number of aromatic nitrogens is 2. The van der Waals surface area contributed by atoms with E-state index in [4.69, 9.17) is 0 Å². The molecule has 80 valence electrons. The van der Waals surface area contributed by atoms with Gasteiger partial charge in [0.1, 0.15) is 5.69 Å². The molecule has 1 aromatic carbocycles. The minimum atomic E-state index is -0.216. The molecule has 0 atom stereocenters. The van der Waals surface area contributed by atoms with E-state index in [1.54, 1.807) is 37.5 Å². The van der Waals surface area contributed by atoms with Gasteiger partial charge in [-0.15, -0.1) is 0 Å². The van der Waals surface area contributed by atoms with Gasteiger partial charge in [0, 0.05) is 12.4 Å². The average Bonchev–Trinajstić information content (AvgIpc) is 2.78. The molecule has 2 rings (SSSR count). The van der Waals surface area contributed by atoms with Crippen molar-refractivity contribution in [2.45, 2.75) is 20.8 Å². The van der Waals surface area contributed by atoms with Gasteiger partial charge < -0.3 is 0 Å². The zero-order valence-corrected chi connectivity index (χ0v) is 9.24. The highest BCUT2D eigenvalue weighted by Crippen LogP contribution is 2.14. The fourth-order valence-corrected chi connectivity index (χ4v) is 1.22. The minimum absolute atomic E-state index is 0.216. The summed E-state index contributed by atoms with van der Waals surface area (Å²) in [5.74, 6) is -0.216. The highest BCUT2D eigenvalue weighted by Gasteiger charge is 2.05. The largest absolute Gasteiger partial charge is 0.238 e. The van der Waals surface area contributed by atoms with E-state index in [0.717, 1.165) is 0 Å². The van der Waals surface area contributed by atoms with Gasteiger partial charge in [0.25, 0.3) is 0 Å². The average molecular weight is 206 g/mol. The Morgan fingerprint density at radius 1 is 1.20 bits per heavy atom. The molecule has 3 heteroatoms. The summed E-state index contributed by atoms with van der Waals surface area (Å²) in [5.41, 5.74) is 1.12. The second-order valence-electron chi connectivity index (χ2n) is 2.86. The molecule has 1 aromatic heterocycles. The van der Waals surface area contributed by atoms with Crippen molar-refractivity contribution >= 4 is 0 Å². The van der Waals surface area contributed by atoms with Crippen molar-refractivity contribution < 1.29 is 4.39 Å². The Balaban J connectivity index is 0.000000531. The summed E-state index contributed by atoms with van der Waals surface area (Å²) in [4.78, 5) is 0. The van der Waals surface area contributed by atoms with Crippen LogP contribution in [0.1, 0.15) is 19.4 Å². The third-order valence-corrected chi connectivity index (χ3v) is 1.92. The fraction of sp³-hybridized carbons (Fsp3) is 0.250. The Labute approximate surface area is 89.4 Å². The molecular formula is C12H15FN2. The van der Waals surface area contributed by atoms with Crippen LogP contribution in [0.25, 0.3) is 5.69 Å². The van der Waals surface area contributed by atoms with E-state index in [1.165, 1.54) is 4.68 Å². The molecule has 0 saturated heterocycles. The number of hydrogen-bond acceptors (Lipinski definition) is 1. The number of hydrogen-bond donors (Lipinski definition) is 0. The van der Waals surface area contributed by atoms with Crippen molar-refractivity contribution in [1.82, 2.24) is 9.78 Å². The SMILES string of the molecule is CC.Cc1cccc(-n2cccn2)c1F. The molecule has 0 aliphatic heterocycles. The van der Waals surface area contributed by atoms with Gasteiger partial charge in [0.05, 0.1) is 0 Å². The molecular weight excluding hydrogens is 191 g/mol. The zero-order chi connectivity index (χ0) is 11.3. The van der Waals surface area contributed by atoms with Crippen LogP contribution >= 0.6 is 0 Å². The van der Waals surface area contributed by atoms with Crippen LogP contribution in [0.4, 0.5) is 4.39 Å². The predicted octanol–water partition coefficient (Wildman–Crippen LogP) is 3.35. The maximum atomic E-state index is 13.5. The van der Waals surface area contributed by atoms with Crippen molar-refractivity contribution in [2.24, 2.45) is 0 Å². The maximum Gasteiger partial charge on any atom is 0.151 e. The molecule has 0 amide bonds. The van der Waals surface area contributed by atoms with Crippen molar-refractivity contribution in [1.29, 1.82) is 0 Å². The van der Waals surface area contributed by atoms with E-state index in [1.807, 2.05) is 19.9 Å². The van der Waals surface area contributed by atoms with Crippen LogP contribution in [-0.4, -0.2) is 9.78 Å². The molecule has 15 heavy (non-hydrogen) atoms. The van der Waals surface area contributed by atoms with Crippen LogP contribution in [0.3, 0.4) is 0 Å². The van der Waals surface area contributed by atoms with E-state index in [-0.39, 0.29) is 5.82 Å². The second-order valence-corrected chi connectivity index (χ2v) is 2.86. The number of nitrogens with zero attached hydrogens (tertiary/aromatic N) is 2. The first-order valence-corrected chi connectivity index (χ1v) is 5.04. The third-order valence-electron chi connectivity index (χ3n) is 1.92. The van der Waals surface area contributed by atoms with Gasteiger partial charge in [0.2, 0.25) is 0 Å². The molecule has 2 aromatic rings. The van der Waals surface area contributed by atoms with Gasteiger partial charge in [-0.3, -0.25) is 0 Å². The number of aryl methyl sites for hydroxylation is 1. The number of rotatable bonds is 1. The van der Waals surface area contributed by atoms with Crippen LogP contribution in [0, 0.1) is 12.7 Å². The lowest BCUT2D eigenvalue weighted by atomic mass is 10.2. The Hall–Kier alpha value is -1.64. The second kappa shape index (κ2) is 5.29. The third kappa shape index (κ3) is 2.43. The minimum Gasteiger partial charge on any atom is -0.238 e. The first kappa shape index (κ1) is 11.4. The molecule has 0 saturated carbocycles. The molecule has 0 aliphatic carbocycles. The normalized spacial score (nSPS) is 9.33. The van der Waals surface area contributed by atoms with Gasteiger partial charge in [-0.25, -0.2) is 9.07 Å². The van der Waals surface area contributed by atoms with Crippen LogP contribution in [0.5, 0.6) is 0 Å². The first-order valence-electron chi connectivity index (χ1n) is 5.04. The van der Waals surface area contributed by atoms with Gasteiger partial charge >= 0.3 is 0 Å². The van der Waals surface area contributed by atoms with Crippen molar-refractivity contribution in [3.63, 3.8) is 0 Å². The van der Waals surface area contributed by atoms with Gasteiger partial charge in [-0.2, -0.15) is 5.10 Å². The van der Waals surface area contributed by atoms with E-state index in [0.29, 0.717) is 11.3 Å². The van der Waals surface area contributed by atoms with Crippen LogP contribution in [-0.2, 0) is 0 Å². The summed E-state index contributed by atoms with van der Waals surface area (Å²) in [6, 6.07) is 7.02. The van der Waals surface area contributed by atoms with E-state index < -0.39 is 0 Å². The van der Waals surface area contributed by atoms with Crippen LogP contribution in [0.15, 0.2) is 36.7 Å². The molecule has 0 radical (unpaired) electrons. The van der Waals surface area contributed by atoms with Crippen molar-refractivity contribution in [2.75, 3.05) is 0 Å². The standard InChI is InChI=1S/C10H9FN2.C2H6/c1-8-4-2-5-9(10(8)11)13-7-3-6-12-13;1-2/h2-7H,1H3;1-2H3. The lowest BCUT2D eigenvalue weighted by Crippen LogP contribution is -1.99. The first-order chi connectivity index (χ1) is 7.29. The van der Waals surface area contributed by atoms with Gasteiger partial charge in [-0.1, -0.05) is 26.0 Å². The summed E-state index contributed by atoms with van der Waals surface area (Å²) in [6.45, 7) is 5.74. The topological polar surface area (TPSA) is 17.8 Å². The number of benzene rings is 1. The maximum absolute atomic E-state index is 13.5. The smallest absolute Gasteiger partial charge is 0.151 e. The van der Waals surface area contributed by atoms with Crippen LogP contribution < -0.4 is 0 Å². The molecule has 0 spiro atoms. The summed E-state index contributed by atoms with van der Waals surface area (Å²) < 4.78 is 15.0. The van der Waals surface area contributed by atoms with E-state index in [2.05, 4.69) is 5.10 Å². The fourth-order valence-electron chi connectivity index (χ4n) is 1.22. The van der Waals surface area contributed by atoms with Crippen molar-refractivity contribution in [3.8, 4) is 5.69 Å². The molecule has 0 fully saturated rings. The number of halogens is 1. The monoisotopic (exact) mass is 206 g/mol. The molecule has 0 N–H and O–H groups in total. The van der Waals surface area contributed by atoms with Gasteiger partial charge in [0.15, 0.2) is 5.82 Å². The van der Waals surface area contributed by atoms with Crippen LogP contribution in [0.2, 0.25) is 0 Å². The van der Waals surface area contributed by atoms with E-state index >= 15 is 0 Å². The molecule has 0 bridgehead atoms. The lowest BCUT2D eigenvalue weighted by Gasteiger charge is -2.04. The molecule has 0 aliphatic rings. The quantitative estimate of drug-likeness (QED) is 0.699. The van der Waals surface area contributed by atoms with E-state index in [9.17, 15) is 4.39 Å².